The van der Waals surface area contributed by atoms with Gasteiger partial charge in [-0.25, -0.2) is 0 Å². The summed E-state index contributed by atoms with van der Waals surface area (Å²) in [6.45, 7) is 0.148. The monoisotopic (exact) mass is 187 g/mol. The zero-order chi connectivity index (χ0) is 9.90. The number of nitrogens with two attached hydrogens (primary N) is 1. The van der Waals surface area contributed by atoms with E-state index in [1.807, 2.05) is 0 Å². The van der Waals surface area contributed by atoms with Crippen LogP contribution in [0.25, 0.3) is 0 Å². The number of aliphatic hydroxyl groups is 1. The summed E-state index contributed by atoms with van der Waals surface area (Å²) in [5.74, 6) is -0.780. The van der Waals surface area contributed by atoms with E-state index < -0.39 is 17.5 Å². The first-order valence-corrected chi connectivity index (χ1v) is 4.72. The van der Waals surface area contributed by atoms with Crippen molar-refractivity contribution in [3.8, 4) is 0 Å². The van der Waals surface area contributed by atoms with Crippen LogP contribution >= 0.6 is 0 Å². The molecule has 0 heterocycles. The Labute approximate surface area is 77.7 Å². The molecule has 0 spiro atoms. The molecular weight excluding hydrogens is 170 g/mol. The summed E-state index contributed by atoms with van der Waals surface area (Å²) in [7, 11) is 0. The molecule has 0 aromatic heterocycles. The van der Waals surface area contributed by atoms with Gasteiger partial charge in [0.2, 0.25) is 0 Å². The minimum atomic E-state index is -0.780. The average molecular weight is 187 g/mol. The van der Waals surface area contributed by atoms with Gasteiger partial charge in [0.25, 0.3) is 0 Å². The molecule has 4 nitrogen and oxygen atoms in total. The predicted octanol–water partition coefficient (Wildman–Crippen LogP) is 0.341. The normalized spacial score (nSPS) is 22.9. The molecule has 13 heavy (non-hydrogen) atoms. The van der Waals surface area contributed by atoms with Crippen LogP contribution in [0.15, 0.2) is 0 Å². The second-order valence-corrected chi connectivity index (χ2v) is 3.89. The van der Waals surface area contributed by atoms with Gasteiger partial charge in [0.1, 0.15) is 0 Å². The van der Waals surface area contributed by atoms with E-state index >= 15 is 0 Å². The number of aliphatic hydroxyl groups excluding tert-OH is 1. The van der Waals surface area contributed by atoms with E-state index in [9.17, 15) is 9.90 Å². The highest BCUT2D eigenvalue weighted by atomic mass is 16.4. The molecule has 1 saturated carbocycles. The Morgan fingerprint density at radius 1 is 1.46 bits per heavy atom. The number of rotatable bonds is 4. The molecule has 1 atom stereocenters. The van der Waals surface area contributed by atoms with Gasteiger partial charge >= 0.3 is 5.97 Å². The molecule has 76 valence electrons. The molecule has 0 bridgehead atoms. The number of carboxylic acid groups (broad SMARTS) is 1. The molecule has 0 aliphatic heterocycles. The van der Waals surface area contributed by atoms with Crippen molar-refractivity contribution in [2.24, 2.45) is 11.1 Å². The summed E-state index contributed by atoms with van der Waals surface area (Å²) in [5.41, 5.74) is 4.57. The molecule has 4 heteroatoms. The molecular formula is C9H17NO3. The van der Waals surface area contributed by atoms with Crippen molar-refractivity contribution >= 4 is 5.97 Å². The fourth-order valence-corrected chi connectivity index (χ4v) is 2.09. The Balaban J connectivity index is 2.62. The lowest BCUT2D eigenvalue weighted by atomic mass is 9.81. The molecule has 4 N–H and O–H groups in total. The SMILES string of the molecule is NC[C@H](O)CC1(C(=O)O)CCCC1. The van der Waals surface area contributed by atoms with Crippen LogP contribution in [0.2, 0.25) is 0 Å². The van der Waals surface area contributed by atoms with Gasteiger partial charge < -0.3 is 15.9 Å². The zero-order valence-corrected chi connectivity index (χ0v) is 7.70. The van der Waals surface area contributed by atoms with Crippen molar-refractivity contribution < 1.29 is 15.0 Å². The van der Waals surface area contributed by atoms with Crippen LogP contribution in [0.5, 0.6) is 0 Å². The molecule has 0 radical (unpaired) electrons. The summed E-state index contributed by atoms with van der Waals surface area (Å²) in [6.07, 6.45) is 2.89. The lowest BCUT2D eigenvalue weighted by molar-refractivity contribution is -0.150. The molecule has 1 aliphatic carbocycles. The maximum atomic E-state index is 11.0. The van der Waals surface area contributed by atoms with Gasteiger partial charge in [-0.3, -0.25) is 4.79 Å². The van der Waals surface area contributed by atoms with E-state index in [1.54, 1.807) is 0 Å². The van der Waals surface area contributed by atoms with Gasteiger partial charge in [0.05, 0.1) is 11.5 Å². The van der Waals surface area contributed by atoms with Crippen molar-refractivity contribution in [1.29, 1.82) is 0 Å². The number of carbonyl (C=O) groups is 1. The third-order valence-electron chi connectivity index (χ3n) is 2.91. The summed E-state index contributed by atoms with van der Waals surface area (Å²) in [4.78, 5) is 11.0. The fourth-order valence-electron chi connectivity index (χ4n) is 2.09. The third kappa shape index (κ3) is 2.19. The first-order valence-electron chi connectivity index (χ1n) is 4.72. The van der Waals surface area contributed by atoms with Crippen molar-refractivity contribution in [2.45, 2.75) is 38.2 Å². The molecule has 1 aliphatic rings. The minimum Gasteiger partial charge on any atom is -0.481 e. The quantitative estimate of drug-likeness (QED) is 0.592. The third-order valence-corrected chi connectivity index (χ3v) is 2.91. The van der Waals surface area contributed by atoms with Gasteiger partial charge in [0, 0.05) is 6.54 Å². The van der Waals surface area contributed by atoms with E-state index in [0.717, 1.165) is 12.8 Å². The molecule has 0 unspecified atom stereocenters. The maximum absolute atomic E-state index is 11.0. The van der Waals surface area contributed by atoms with Crippen LogP contribution < -0.4 is 5.73 Å². The van der Waals surface area contributed by atoms with Crippen LogP contribution in [0.3, 0.4) is 0 Å². The predicted molar refractivity (Wildman–Crippen MR) is 48.2 cm³/mol. The van der Waals surface area contributed by atoms with Crippen LogP contribution in [0, 0.1) is 5.41 Å². The van der Waals surface area contributed by atoms with Gasteiger partial charge in [0.15, 0.2) is 0 Å². The summed E-state index contributed by atoms with van der Waals surface area (Å²) < 4.78 is 0. The van der Waals surface area contributed by atoms with Gasteiger partial charge in [-0.2, -0.15) is 0 Å². The lowest BCUT2D eigenvalue weighted by Gasteiger charge is -2.25. The molecule has 1 rings (SSSR count). The van der Waals surface area contributed by atoms with Gasteiger partial charge in [-0.15, -0.1) is 0 Å². The fraction of sp³-hybridized carbons (Fsp3) is 0.889. The first kappa shape index (κ1) is 10.5. The standard InChI is InChI=1S/C9H17NO3/c10-6-7(11)5-9(8(12)13)3-1-2-4-9/h7,11H,1-6,10H2,(H,12,13)/t7-/m1/s1. The highest BCUT2D eigenvalue weighted by Gasteiger charge is 2.42. The maximum Gasteiger partial charge on any atom is 0.309 e. The number of carboxylic acids is 1. The van der Waals surface area contributed by atoms with E-state index in [4.69, 9.17) is 10.8 Å². The average Bonchev–Trinajstić information content (AvgIpc) is 2.54. The summed E-state index contributed by atoms with van der Waals surface area (Å²) >= 11 is 0. The van der Waals surface area contributed by atoms with E-state index in [-0.39, 0.29) is 6.54 Å². The topological polar surface area (TPSA) is 83.5 Å². The minimum absolute atomic E-state index is 0.148. The van der Waals surface area contributed by atoms with Crippen LogP contribution in [0.4, 0.5) is 0 Å². The summed E-state index contributed by atoms with van der Waals surface area (Å²) in [6, 6.07) is 0. The Hall–Kier alpha value is -0.610. The van der Waals surface area contributed by atoms with E-state index in [1.165, 1.54) is 0 Å². The molecule has 0 aromatic rings. The number of hydrogen-bond acceptors (Lipinski definition) is 3. The molecule has 1 fully saturated rings. The van der Waals surface area contributed by atoms with Gasteiger partial charge in [-0.05, 0) is 19.3 Å². The van der Waals surface area contributed by atoms with Crippen LogP contribution in [-0.4, -0.2) is 28.8 Å². The molecule has 0 saturated heterocycles. The Bertz CT molecular complexity index is 187. The van der Waals surface area contributed by atoms with Gasteiger partial charge in [-0.1, -0.05) is 12.8 Å². The molecule has 0 aromatic carbocycles. The highest BCUT2D eigenvalue weighted by molar-refractivity contribution is 5.75. The number of aliphatic carboxylic acids is 1. The Kier molecular flexibility index (Phi) is 3.27. The Morgan fingerprint density at radius 3 is 2.38 bits per heavy atom. The first-order chi connectivity index (χ1) is 6.10. The number of hydrogen-bond donors (Lipinski definition) is 3. The van der Waals surface area contributed by atoms with Crippen LogP contribution in [-0.2, 0) is 4.79 Å². The van der Waals surface area contributed by atoms with Crippen LogP contribution in [0.1, 0.15) is 32.1 Å². The highest BCUT2D eigenvalue weighted by Crippen LogP contribution is 2.42. The summed E-state index contributed by atoms with van der Waals surface area (Å²) in [5, 5.41) is 18.4. The van der Waals surface area contributed by atoms with Crippen molar-refractivity contribution in [2.75, 3.05) is 6.54 Å². The molecule has 0 amide bonds. The van der Waals surface area contributed by atoms with Crippen molar-refractivity contribution in [3.63, 3.8) is 0 Å². The zero-order valence-electron chi connectivity index (χ0n) is 7.70. The largest absolute Gasteiger partial charge is 0.481 e. The van der Waals surface area contributed by atoms with E-state index in [0.29, 0.717) is 19.3 Å². The Morgan fingerprint density at radius 2 is 2.00 bits per heavy atom. The van der Waals surface area contributed by atoms with Crippen molar-refractivity contribution in [3.05, 3.63) is 0 Å². The second-order valence-electron chi connectivity index (χ2n) is 3.89. The van der Waals surface area contributed by atoms with E-state index in [2.05, 4.69) is 0 Å². The van der Waals surface area contributed by atoms with Crippen molar-refractivity contribution in [1.82, 2.24) is 0 Å². The smallest absolute Gasteiger partial charge is 0.309 e. The lowest BCUT2D eigenvalue weighted by Crippen LogP contribution is -2.35. The second kappa shape index (κ2) is 4.07.